The van der Waals surface area contributed by atoms with E-state index >= 15 is 0 Å². The summed E-state index contributed by atoms with van der Waals surface area (Å²) in [5.41, 5.74) is 0. The lowest BCUT2D eigenvalue weighted by Crippen LogP contribution is -1.78. The predicted octanol–water partition coefficient (Wildman–Crippen LogP) is 2.22. The van der Waals surface area contributed by atoms with Gasteiger partial charge in [0.25, 0.3) is 0 Å². The summed E-state index contributed by atoms with van der Waals surface area (Å²) in [4.78, 5) is 0. The molecule has 0 saturated carbocycles. The largest absolute Gasteiger partial charge is 0.206 e. The second kappa shape index (κ2) is 3.36. The summed E-state index contributed by atoms with van der Waals surface area (Å²) in [5.74, 6) is 0. The minimum atomic E-state index is 0.130. The Morgan fingerprint density at radius 3 is 2.00 bits per heavy atom. The van der Waals surface area contributed by atoms with E-state index in [1.165, 1.54) is 0 Å². The molecule has 0 amide bonds. The molecule has 0 aromatic carbocycles. The van der Waals surface area contributed by atoms with Crippen molar-refractivity contribution in [3.8, 4) is 0 Å². The fraction of sp³-hybridized carbons (Fsp3) is 0. The van der Waals surface area contributed by atoms with Gasteiger partial charge in [-0.2, -0.15) is 0 Å². The maximum Gasteiger partial charge on any atom is 0.154 e. The van der Waals surface area contributed by atoms with Gasteiger partial charge in [0.05, 0.1) is 5.03 Å². The van der Waals surface area contributed by atoms with Crippen molar-refractivity contribution in [3.63, 3.8) is 0 Å². The van der Waals surface area contributed by atoms with Gasteiger partial charge in [-0.25, -0.2) is 4.40 Å². The molecule has 1 nitrogen and oxygen atoms in total. The van der Waals surface area contributed by atoms with Crippen molar-refractivity contribution < 1.29 is 0 Å². The van der Waals surface area contributed by atoms with Crippen molar-refractivity contribution in [2.75, 3.05) is 0 Å². The van der Waals surface area contributed by atoms with Crippen molar-refractivity contribution in [1.82, 2.24) is 0 Å². The molecule has 0 saturated heterocycles. The Hall–Kier alpha value is 0.340. The average Bonchev–Trinajstić information content (AvgIpc) is 1.65. The van der Waals surface area contributed by atoms with Crippen LogP contribution in [-0.4, -0.2) is 5.17 Å². The Labute approximate surface area is 57.6 Å². The topological polar surface area (TPSA) is 12.4 Å². The van der Waals surface area contributed by atoms with Crippen molar-refractivity contribution in [2.24, 2.45) is 4.40 Å². The van der Waals surface area contributed by atoms with Crippen molar-refractivity contribution in [1.29, 1.82) is 0 Å². The van der Waals surface area contributed by atoms with E-state index in [4.69, 9.17) is 23.2 Å². The monoisotopic (exact) mass is 155 g/mol. The molecule has 40 valence electrons. The molecule has 0 bridgehead atoms. The first kappa shape index (κ1) is 7.34. The van der Waals surface area contributed by atoms with Crippen LogP contribution < -0.4 is 0 Å². The van der Waals surface area contributed by atoms with Gasteiger partial charge >= 0.3 is 0 Å². The minimum Gasteiger partial charge on any atom is -0.206 e. The van der Waals surface area contributed by atoms with Gasteiger partial charge in [-0.15, -0.1) is 0 Å². The van der Waals surface area contributed by atoms with Crippen LogP contribution in [0.25, 0.3) is 0 Å². The third kappa shape index (κ3) is 2.97. The van der Waals surface area contributed by atoms with Crippen LogP contribution in [-0.2, 0) is 0 Å². The van der Waals surface area contributed by atoms with Gasteiger partial charge < -0.3 is 0 Å². The molecular formula is C3H3Cl2NS. The minimum absolute atomic E-state index is 0.130. The molecule has 0 spiro atoms. The zero-order valence-electron chi connectivity index (χ0n) is 3.36. The molecule has 0 aliphatic rings. The van der Waals surface area contributed by atoms with Crippen LogP contribution in [0.3, 0.4) is 0 Å². The third-order valence-electron chi connectivity index (χ3n) is 0.312. The molecule has 0 aliphatic heterocycles. The molecule has 0 heterocycles. The number of rotatable bonds is 1. The smallest absolute Gasteiger partial charge is 0.154 e. The summed E-state index contributed by atoms with van der Waals surface area (Å²) >= 11 is 13.9. The molecule has 0 atom stereocenters. The van der Waals surface area contributed by atoms with E-state index < -0.39 is 0 Å². The summed E-state index contributed by atoms with van der Waals surface area (Å²) in [6.45, 7) is 3.28. The molecule has 0 unspecified atom stereocenters. The number of halogens is 2. The van der Waals surface area contributed by atoms with Crippen molar-refractivity contribution >= 4 is 41.2 Å². The Kier molecular flexibility index (Phi) is 3.52. The number of thiol groups is 1. The molecule has 0 aromatic heterocycles. The average molecular weight is 156 g/mol. The van der Waals surface area contributed by atoms with E-state index in [0.29, 0.717) is 0 Å². The maximum absolute atomic E-state index is 5.24. The Morgan fingerprint density at radius 2 is 2.00 bits per heavy atom. The highest BCUT2D eigenvalue weighted by molar-refractivity contribution is 7.79. The quantitative estimate of drug-likeness (QED) is 0.441. The van der Waals surface area contributed by atoms with Crippen LogP contribution in [0.1, 0.15) is 0 Å². The Bertz CT molecular complexity index is 110. The Balaban J connectivity index is 3.82. The summed E-state index contributed by atoms with van der Waals surface area (Å²) < 4.78 is 3.23. The first-order valence-electron chi connectivity index (χ1n) is 1.41. The van der Waals surface area contributed by atoms with Gasteiger partial charge in [0.1, 0.15) is 0 Å². The number of nitrogens with zero attached hydrogens (tertiary/aromatic N) is 1. The van der Waals surface area contributed by atoms with Gasteiger partial charge in [-0.3, -0.25) is 0 Å². The summed E-state index contributed by atoms with van der Waals surface area (Å²) in [5, 5.41) is 0.335. The highest BCUT2D eigenvalue weighted by atomic mass is 35.5. The highest BCUT2D eigenvalue weighted by Gasteiger charge is 1.91. The van der Waals surface area contributed by atoms with Crippen LogP contribution >= 0.6 is 36.0 Å². The standard InChI is InChI=1S/C3H3Cl2NS/c1-2(4)3(5)6-7/h7H,1H2. The summed E-state index contributed by atoms with van der Waals surface area (Å²) in [6.07, 6.45) is 0. The molecule has 0 radical (unpaired) electrons. The van der Waals surface area contributed by atoms with E-state index in [1.54, 1.807) is 0 Å². The highest BCUT2D eigenvalue weighted by Crippen LogP contribution is 2.04. The van der Waals surface area contributed by atoms with E-state index in [1.807, 2.05) is 0 Å². The van der Waals surface area contributed by atoms with Gasteiger partial charge in [0, 0.05) is 0 Å². The Morgan fingerprint density at radius 1 is 1.57 bits per heavy atom. The zero-order valence-corrected chi connectivity index (χ0v) is 5.76. The van der Waals surface area contributed by atoms with Crippen LogP contribution in [0.2, 0.25) is 0 Å². The van der Waals surface area contributed by atoms with E-state index in [9.17, 15) is 0 Å². The van der Waals surface area contributed by atoms with E-state index in [2.05, 4.69) is 23.8 Å². The lowest BCUT2D eigenvalue weighted by Gasteiger charge is -1.83. The zero-order chi connectivity index (χ0) is 5.86. The van der Waals surface area contributed by atoms with E-state index in [-0.39, 0.29) is 10.2 Å². The first-order chi connectivity index (χ1) is 3.18. The predicted molar refractivity (Wildman–Crippen MR) is 37.3 cm³/mol. The molecule has 0 aliphatic carbocycles. The molecule has 0 rings (SSSR count). The lowest BCUT2D eigenvalue weighted by molar-refractivity contribution is 1.97. The fourth-order valence-electron chi connectivity index (χ4n) is 0.0543. The van der Waals surface area contributed by atoms with Crippen LogP contribution in [0.5, 0.6) is 0 Å². The number of hydrogen-bond donors (Lipinski definition) is 1. The normalized spacial score (nSPS) is 11.6. The third-order valence-corrected chi connectivity index (χ3v) is 1.22. The molecule has 7 heavy (non-hydrogen) atoms. The van der Waals surface area contributed by atoms with E-state index in [0.717, 1.165) is 0 Å². The molecule has 0 aromatic rings. The van der Waals surface area contributed by atoms with Crippen molar-refractivity contribution in [3.05, 3.63) is 11.6 Å². The SMILES string of the molecule is C=C(Cl)C(Cl)=NS. The maximum atomic E-state index is 5.24. The molecular weight excluding hydrogens is 153 g/mol. The molecule has 4 heteroatoms. The van der Waals surface area contributed by atoms with Crippen molar-refractivity contribution in [2.45, 2.75) is 0 Å². The molecule has 0 N–H and O–H groups in total. The van der Waals surface area contributed by atoms with Crippen LogP contribution in [0, 0.1) is 0 Å². The van der Waals surface area contributed by atoms with Gasteiger partial charge in [-0.1, -0.05) is 29.8 Å². The molecule has 0 fully saturated rings. The summed E-state index contributed by atoms with van der Waals surface area (Å²) in [6, 6.07) is 0. The summed E-state index contributed by atoms with van der Waals surface area (Å²) in [7, 11) is 0. The number of allylic oxidation sites excluding steroid dienone is 1. The van der Waals surface area contributed by atoms with Crippen LogP contribution in [0.4, 0.5) is 0 Å². The van der Waals surface area contributed by atoms with Gasteiger partial charge in [-0.05, 0) is 12.8 Å². The first-order valence-corrected chi connectivity index (χ1v) is 2.56. The van der Waals surface area contributed by atoms with Gasteiger partial charge in [0.15, 0.2) is 5.17 Å². The second-order valence-corrected chi connectivity index (χ2v) is 1.81. The van der Waals surface area contributed by atoms with Crippen LogP contribution in [0.15, 0.2) is 16.0 Å². The number of hydrogen-bond acceptors (Lipinski definition) is 2. The fourth-order valence-corrected chi connectivity index (χ4v) is 0.276. The second-order valence-electron chi connectivity index (χ2n) is 0.796. The van der Waals surface area contributed by atoms with Gasteiger partial charge in [0.2, 0.25) is 0 Å². The lowest BCUT2D eigenvalue weighted by atomic mass is 10.7.